The number of nitrogens with one attached hydrogen (secondary N) is 1. The molecule has 20 heavy (non-hydrogen) atoms. The molecule has 1 unspecified atom stereocenters. The summed E-state index contributed by atoms with van der Waals surface area (Å²) in [5.41, 5.74) is 1.66. The largest absolute Gasteiger partial charge is 0.376 e. The third-order valence-corrected chi connectivity index (χ3v) is 5.12. The Morgan fingerprint density at radius 2 is 2.10 bits per heavy atom. The Hall–Kier alpha value is -0.710. The van der Waals surface area contributed by atoms with Crippen molar-refractivity contribution < 1.29 is 4.39 Å². The molecule has 1 nitrogen and oxygen atoms in total. The zero-order valence-electron chi connectivity index (χ0n) is 10.5. The Labute approximate surface area is 135 Å². The molecule has 0 saturated heterocycles. The predicted molar refractivity (Wildman–Crippen MR) is 87.3 cm³/mol. The minimum Gasteiger partial charge on any atom is -0.376 e. The SMILES string of the molecule is Fc1ccc(Br)cc1NC1CCSc2ccc(Cl)cc21. The van der Waals surface area contributed by atoms with Crippen molar-refractivity contribution in [1.82, 2.24) is 0 Å². The summed E-state index contributed by atoms with van der Waals surface area (Å²) in [6.45, 7) is 0. The van der Waals surface area contributed by atoms with E-state index >= 15 is 0 Å². The minimum atomic E-state index is -0.241. The number of fused-ring (bicyclic) bond motifs is 1. The molecule has 1 N–H and O–H groups in total. The van der Waals surface area contributed by atoms with Crippen molar-refractivity contribution in [2.45, 2.75) is 17.4 Å². The van der Waals surface area contributed by atoms with Crippen LogP contribution in [0.2, 0.25) is 5.02 Å². The highest BCUT2D eigenvalue weighted by atomic mass is 79.9. The molecular formula is C15H12BrClFNS. The van der Waals surface area contributed by atoms with E-state index in [1.54, 1.807) is 12.1 Å². The molecule has 0 aliphatic carbocycles. The van der Waals surface area contributed by atoms with Gasteiger partial charge in [0.15, 0.2) is 0 Å². The number of benzene rings is 2. The molecule has 2 aromatic rings. The predicted octanol–water partition coefficient (Wildman–Crippen LogP) is 5.89. The maximum atomic E-state index is 13.9. The van der Waals surface area contributed by atoms with Crippen LogP contribution in [0.3, 0.4) is 0 Å². The Bertz CT molecular complexity index is 650. The monoisotopic (exact) mass is 371 g/mol. The average Bonchev–Trinajstić information content (AvgIpc) is 2.43. The van der Waals surface area contributed by atoms with Crippen molar-refractivity contribution in [3.63, 3.8) is 0 Å². The van der Waals surface area contributed by atoms with Gasteiger partial charge in [-0.25, -0.2) is 4.39 Å². The summed E-state index contributed by atoms with van der Waals surface area (Å²) in [4.78, 5) is 1.22. The van der Waals surface area contributed by atoms with Gasteiger partial charge in [0.1, 0.15) is 5.82 Å². The first kappa shape index (κ1) is 14.2. The van der Waals surface area contributed by atoms with Gasteiger partial charge < -0.3 is 5.32 Å². The molecule has 0 bridgehead atoms. The highest BCUT2D eigenvalue weighted by Gasteiger charge is 2.21. The second-order valence-corrected chi connectivity index (χ2v) is 7.13. The molecule has 0 radical (unpaired) electrons. The van der Waals surface area contributed by atoms with Gasteiger partial charge in [0.2, 0.25) is 0 Å². The summed E-state index contributed by atoms with van der Waals surface area (Å²) in [6.07, 6.45) is 0.948. The molecule has 0 spiro atoms. The van der Waals surface area contributed by atoms with Crippen molar-refractivity contribution in [1.29, 1.82) is 0 Å². The molecule has 1 heterocycles. The van der Waals surface area contributed by atoms with Gasteiger partial charge in [-0.2, -0.15) is 0 Å². The molecule has 0 aromatic heterocycles. The molecule has 0 amide bonds. The first-order chi connectivity index (χ1) is 9.63. The first-order valence-corrected chi connectivity index (χ1v) is 8.43. The molecule has 1 atom stereocenters. The van der Waals surface area contributed by atoms with Crippen LogP contribution in [0.5, 0.6) is 0 Å². The summed E-state index contributed by atoms with van der Waals surface area (Å²) >= 11 is 11.3. The average molecular weight is 373 g/mol. The molecule has 3 rings (SSSR count). The molecule has 0 saturated carbocycles. The van der Waals surface area contributed by atoms with E-state index in [-0.39, 0.29) is 11.9 Å². The fraction of sp³-hybridized carbons (Fsp3) is 0.200. The summed E-state index contributed by atoms with van der Waals surface area (Å²) in [7, 11) is 0. The minimum absolute atomic E-state index is 0.0914. The van der Waals surface area contributed by atoms with Crippen LogP contribution >= 0.6 is 39.3 Å². The summed E-state index contributed by atoms with van der Waals surface area (Å²) < 4.78 is 14.7. The van der Waals surface area contributed by atoms with Crippen LogP contribution in [-0.4, -0.2) is 5.75 Å². The van der Waals surface area contributed by atoms with Gasteiger partial charge in [0, 0.05) is 20.1 Å². The van der Waals surface area contributed by atoms with E-state index in [0.717, 1.165) is 22.2 Å². The smallest absolute Gasteiger partial charge is 0.146 e. The van der Waals surface area contributed by atoms with Gasteiger partial charge in [-0.1, -0.05) is 27.5 Å². The molecule has 104 valence electrons. The Morgan fingerprint density at radius 3 is 2.95 bits per heavy atom. The first-order valence-electron chi connectivity index (χ1n) is 6.27. The Morgan fingerprint density at radius 1 is 1.25 bits per heavy atom. The third kappa shape index (κ3) is 2.97. The number of halogens is 3. The van der Waals surface area contributed by atoms with E-state index in [9.17, 15) is 4.39 Å². The molecule has 1 aliphatic heterocycles. The van der Waals surface area contributed by atoms with Crippen molar-refractivity contribution in [3.8, 4) is 0 Å². The van der Waals surface area contributed by atoms with Crippen LogP contribution in [-0.2, 0) is 0 Å². The lowest BCUT2D eigenvalue weighted by Crippen LogP contribution is -2.16. The quantitative estimate of drug-likeness (QED) is 0.705. The normalized spacial score (nSPS) is 17.6. The van der Waals surface area contributed by atoms with Crippen LogP contribution in [0.1, 0.15) is 18.0 Å². The lowest BCUT2D eigenvalue weighted by Gasteiger charge is -2.27. The van der Waals surface area contributed by atoms with Crippen molar-refractivity contribution >= 4 is 45.0 Å². The van der Waals surface area contributed by atoms with Gasteiger partial charge in [0.25, 0.3) is 0 Å². The Kier molecular flexibility index (Phi) is 4.24. The van der Waals surface area contributed by atoms with Gasteiger partial charge in [-0.15, -0.1) is 11.8 Å². The maximum absolute atomic E-state index is 13.9. The summed E-state index contributed by atoms with van der Waals surface area (Å²) in [5, 5.41) is 4.01. The second-order valence-electron chi connectivity index (χ2n) is 4.64. The van der Waals surface area contributed by atoms with Crippen LogP contribution in [0, 0.1) is 5.82 Å². The molecule has 0 fully saturated rings. The molecule has 1 aliphatic rings. The second kappa shape index (κ2) is 5.96. The Balaban J connectivity index is 1.93. The highest BCUT2D eigenvalue weighted by molar-refractivity contribution is 9.10. The van der Waals surface area contributed by atoms with E-state index in [4.69, 9.17) is 11.6 Å². The maximum Gasteiger partial charge on any atom is 0.146 e. The zero-order valence-corrected chi connectivity index (χ0v) is 13.7. The van der Waals surface area contributed by atoms with Crippen LogP contribution < -0.4 is 5.32 Å². The number of rotatable bonds is 2. The number of anilines is 1. The van der Waals surface area contributed by atoms with Crippen molar-refractivity contribution in [2.75, 3.05) is 11.1 Å². The van der Waals surface area contributed by atoms with Crippen LogP contribution in [0.4, 0.5) is 10.1 Å². The van der Waals surface area contributed by atoms with Gasteiger partial charge in [0.05, 0.1) is 11.7 Å². The third-order valence-electron chi connectivity index (χ3n) is 3.27. The molecule has 5 heteroatoms. The molecule has 2 aromatic carbocycles. The lowest BCUT2D eigenvalue weighted by molar-refractivity contribution is 0.622. The lowest BCUT2D eigenvalue weighted by atomic mass is 10.0. The van der Waals surface area contributed by atoms with E-state index in [2.05, 4.69) is 21.2 Å². The van der Waals surface area contributed by atoms with E-state index in [1.807, 2.05) is 30.0 Å². The molecular weight excluding hydrogens is 361 g/mol. The van der Waals surface area contributed by atoms with Crippen molar-refractivity contribution in [2.24, 2.45) is 0 Å². The van der Waals surface area contributed by atoms with Gasteiger partial charge >= 0.3 is 0 Å². The topological polar surface area (TPSA) is 12.0 Å². The van der Waals surface area contributed by atoms with Crippen LogP contribution in [0.25, 0.3) is 0 Å². The number of hydrogen-bond donors (Lipinski definition) is 1. The standard InChI is InChI=1S/C15H12BrClFNS/c16-9-1-3-12(18)14(7-9)19-13-5-6-20-15-4-2-10(17)8-11(13)15/h1-4,7-8,13,19H,5-6H2. The zero-order chi connectivity index (χ0) is 14.1. The fourth-order valence-corrected chi connectivity index (χ4v) is 3.96. The van der Waals surface area contributed by atoms with E-state index in [0.29, 0.717) is 10.7 Å². The number of hydrogen-bond acceptors (Lipinski definition) is 2. The van der Waals surface area contributed by atoms with E-state index < -0.39 is 0 Å². The van der Waals surface area contributed by atoms with E-state index in [1.165, 1.54) is 11.0 Å². The highest BCUT2D eigenvalue weighted by Crippen LogP contribution is 2.39. The van der Waals surface area contributed by atoms with Gasteiger partial charge in [-0.05, 0) is 48.4 Å². The number of thioether (sulfide) groups is 1. The van der Waals surface area contributed by atoms with Crippen LogP contribution in [0.15, 0.2) is 45.8 Å². The summed E-state index contributed by atoms with van der Waals surface area (Å²) in [5.74, 6) is 0.775. The van der Waals surface area contributed by atoms with Crippen molar-refractivity contribution in [3.05, 3.63) is 57.3 Å². The summed E-state index contributed by atoms with van der Waals surface area (Å²) in [6, 6.07) is 10.9. The van der Waals surface area contributed by atoms with Gasteiger partial charge in [-0.3, -0.25) is 0 Å². The fourth-order valence-electron chi connectivity index (χ4n) is 2.31.